The Balaban J connectivity index is 1.15. The molecule has 9 nitrogen and oxygen atoms in total. The van der Waals surface area contributed by atoms with Crippen LogP contribution in [0.5, 0.6) is 23.0 Å². The molecule has 1 amide bonds. The van der Waals surface area contributed by atoms with Crippen LogP contribution in [-0.2, 0) is 0 Å². The highest BCUT2D eigenvalue weighted by Gasteiger charge is 2.31. The van der Waals surface area contributed by atoms with Crippen molar-refractivity contribution in [2.45, 2.75) is 37.8 Å². The third kappa shape index (κ3) is 5.80. The van der Waals surface area contributed by atoms with Crippen molar-refractivity contribution in [1.82, 2.24) is 20.0 Å². The molecule has 0 aliphatic carbocycles. The van der Waals surface area contributed by atoms with Gasteiger partial charge in [0.1, 0.15) is 11.8 Å². The van der Waals surface area contributed by atoms with E-state index in [4.69, 9.17) is 18.9 Å². The van der Waals surface area contributed by atoms with Crippen molar-refractivity contribution in [3.05, 3.63) is 54.0 Å². The van der Waals surface area contributed by atoms with Gasteiger partial charge in [0.2, 0.25) is 5.75 Å². The lowest BCUT2D eigenvalue weighted by Crippen LogP contribution is -2.50. The first-order valence-corrected chi connectivity index (χ1v) is 13.3. The number of nitrogens with zero attached hydrogens (tertiary/aromatic N) is 3. The van der Waals surface area contributed by atoms with Gasteiger partial charge in [0.15, 0.2) is 23.1 Å². The Morgan fingerprint density at radius 1 is 0.897 bits per heavy atom. The molecule has 5 rings (SSSR count). The number of carbonyl (C=O) groups is 1. The molecule has 1 aromatic heterocycles. The lowest BCUT2D eigenvalue weighted by Gasteiger charge is -2.41. The molecular formula is C29H35FN4O5. The first kappa shape index (κ1) is 26.8. The predicted molar refractivity (Wildman–Crippen MR) is 144 cm³/mol. The maximum absolute atomic E-state index is 13.9. The van der Waals surface area contributed by atoms with Crippen molar-refractivity contribution in [3.8, 4) is 34.3 Å². The zero-order valence-electron chi connectivity index (χ0n) is 22.6. The van der Waals surface area contributed by atoms with Gasteiger partial charge in [0, 0.05) is 37.8 Å². The van der Waals surface area contributed by atoms with E-state index in [0.29, 0.717) is 53.5 Å². The minimum atomic E-state index is -0.315. The average Bonchev–Trinajstić information content (AvgIpc) is 3.48. The topological polar surface area (TPSA) is 89.2 Å². The molecule has 0 radical (unpaired) electrons. The van der Waals surface area contributed by atoms with Gasteiger partial charge in [-0.15, -0.1) is 0 Å². The Bertz CT molecular complexity index is 1260. The van der Waals surface area contributed by atoms with Gasteiger partial charge in [0.05, 0.1) is 27.0 Å². The van der Waals surface area contributed by atoms with E-state index in [9.17, 15) is 9.18 Å². The van der Waals surface area contributed by atoms with Crippen LogP contribution in [0.25, 0.3) is 11.3 Å². The van der Waals surface area contributed by atoms with Crippen molar-refractivity contribution in [2.75, 3.05) is 47.5 Å². The summed E-state index contributed by atoms with van der Waals surface area (Å²) in [5.74, 6) is 1.50. The van der Waals surface area contributed by atoms with Gasteiger partial charge >= 0.3 is 0 Å². The van der Waals surface area contributed by atoms with Crippen molar-refractivity contribution >= 4 is 5.91 Å². The quantitative estimate of drug-likeness (QED) is 0.455. The summed E-state index contributed by atoms with van der Waals surface area (Å²) in [5, 5.41) is 7.27. The third-order valence-electron chi connectivity index (χ3n) is 7.64. The zero-order chi connectivity index (χ0) is 27.4. The number of nitrogens with one attached hydrogen (secondary N) is 1. The standard InChI is InChI=1S/C29H35FN4O5/c1-36-26-16-19(17-27(37-2)28(26)38-3)23-18-24(32-31-23)29(35)34-12-8-20(9-13-34)33-14-10-21(11-15-33)39-25-7-5-4-6-22(25)30/h4-7,16-18,20-21H,8-15H2,1-3H3,(H,31,32). The van der Waals surface area contributed by atoms with Crippen LogP contribution >= 0.6 is 0 Å². The fourth-order valence-electron chi connectivity index (χ4n) is 5.49. The van der Waals surface area contributed by atoms with Crippen molar-refractivity contribution in [3.63, 3.8) is 0 Å². The van der Waals surface area contributed by atoms with E-state index in [2.05, 4.69) is 15.1 Å². The van der Waals surface area contributed by atoms with Crippen molar-refractivity contribution < 1.29 is 28.1 Å². The largest absolute Gasteiger partial charge is 0.493 e. The fraction of sp³-hybridized carbons (Fsp3) is 0.448. The lowest BCUT2D eigenvalue weighted by molar-refractivity contribution is 0.0414. The molecule has 208 valence electrons. The van der Waals surface area contributed by atoms with Gasteiger partial charge < -0.3 is 23.8 Å². The minimum Gasteiger partial charge on any atom is -0.493 e. The summed E-state index contributed by atoms with van der Waals surface area (Å²) in [7, 11) is 4.68. The molecule has 0 saturated carbocycles. The summed E-state index contributed by atoms with van der Waals surface area (Å²) in [6.07, 6.45) is 3.59. The number of para-hydroxylation sites is 1. The molecule has 0 atom stereocenters. The van der Waals surface area contributed by atoms with E-state index >= 15 is 0 Å². The summed E-state index contributed by atoms with van der Waals surface area (Å²) in [4.78, 5) is 17.6. The highest BCUT2D eigenvalue weighted by Crippen LogP contribution is 2.41. The monoisotopic (exact) mass is 538 g/mol. The number of amides is 1. The van der Waals surface area contributed by atoms with Gasteiger partial charge in [-0.25, -0.2) is 4.39 Å². The molecule has 39 heavy (non-hydrogen) atoms. The van der Waals surface area contributed by atoms with Gasteiger partial charge in [-0.2, -0.15) is 5.10 Å². The molecule has 1 N–H and O–H groups in total. The van der Waals surface area contributed by atoms with Crippen molar-refractivity contribution in [2.24, 2.45) is 0 Å². The van der Waals surface area contributed by atoms with E-state index in [1.165, 1.54) is 6.07 Å². The Kier molecular flexibility index (Phi) is 8.21. The van der Waals surface area contributed by atoms with Crippen LogP contribution in [0.15, 0.2) is 42.5 Å². The fourth-order valence-corrected chi connectivity index (χ4v) is 5.49. The second-order valence-electron chi connectivity index (χ2n) is 9.89. The molecular weight excluding hydrogens is 503 g/mol. The molecule has 0 bridgehead atoms. The van der Waals surface area contributed by atoms with Crippen LogP contribution < -0.4 is 18.9 Å². The Labute approximate surface area is 227 Å². The lowest BCUT2D eigenvalue weighted by atomic mass is 9.98. The Morgan fingerprint density at radius 3 is 2.18 bits per heavy atom. The highest BCUT2D eigenvalue weighted by molar-refractivity contribution is 5.93. The smallest absolute Gasteiger partial charge is 0.271 e. The predicted octanol–water partition coefficient (Wildman–Crippen LogP) is 4.39. The SMILES string of the molecule is COc1cc(-c2cc(C(=O)N3CCC(N4CCC(Oc5ccccc5F)CC4)CC3)[nH]n2)cc(OC)c1OC. The highest BCUT2D eigenvalue weighted by atomic mass is 19.1. The summed E-state index contributed by atoms with van der Waals surface area (Å²) in [6.45, 7) is 3.20. The number of rotatable bonds is 8. The number of H-pyrrole nitrogens is 1. The second kappa shape index (κ2) is 11.9. The number of halogens is 1. The van der Waals surface area contributed by atoms with Crippen LogP contribution in [-0.4, -0.2) is 85.6 Å². The molecule has 2 aliphatic rings. The third-order valence-corrected chi connectivity index (χ3v) is 7.64. The second-order valence-corrected chi connectivity index (χ2v) is 9.89. The minimum absolute atomic E-state index is 0.0278. The van der Waals surface area contributed by atoms with E-state index in [1.807, 2.05) is 17.0 Å². The molecule has 3 aromatic rings. The van der Waals surface area contributed by atoms with E-state index in [1.54, 1.807) is 45.6 Å². The van der Waals surface area contributed by atoms with E-state index in [0.717, 1.165) is 44.3 Å². The summed E-state index contributed by atoms with van der Waals surface area (Å²) >= 11 is 0. The summed E-state index contributed by atoms with van der Waals surface area (Å²) < 4.78 is 36.1. The number of likely N-dealkylation sites (tertiary alicyclic amines) is 2. The number of benzene rings is 2. The molecule has 2 aromatic carbocycles. The molecule has 2 fully saturated rings. The van der Waals surface area contributed by atoms with Crippen LogP contribution in [0.1, 0.15) is 36.2 Å². The maximum atomic E-state index is 13.9. The van der Waals surface area contributed by atoms with E-state index in [-0.39, 0.29) is 17.8 Å². The van der Waals surface area contributed by atoms with E-state index < -0.39 is 0 Å². The molecule has 0 spiro atoms. The average molecular weight is 539 g/mol. The molecule has 3 heterocycles. The van der Waals surface area contributed by atoms with Crippen LogP contribution in [0, 0.1) is 5.82 Å². The van der Waals surface area contributed by atoms with Crippen LogP contribution in [0.2, 0.25) is 0 Å². The van der Waals surface area contributed by atoms with Gasteiger partial charge in [-0.05, 0) is 56.0 Å². The Morgan fingerprint density at radius 2 is 1.56 bits per heavy atom. The first-order chi connectivity index (χ1) is 19.0. The molecule has 0 unspecified atom stereocenters. The number of methoxy groups -OCH3 is 3. The van der Waals surface area contributed by atoms with Gasteiger partial charge in [0.25, 0.3) is 5.91 Å². The first-order valence-electron chi connectivity index (χ1n) is 13.3. The number of ether oxygens (including phenoxy) is 4. The number of carbonyl (C=O) groups excluding carboxylic acids is 1. The summed E-state index contributed by atoms with van der Waals surface area (Å²) in [6, 6.07) is 12.4. The number of hydrogen-bond donors (Lipinski definition) is 1. The number of hydrogen-bond acceptors (Lipinski definition) is 7. The van der Waals surface area contributed by atoms with Crippen LogP contribution in [0.4, 0.5) is 4.39 Å². The number of aromatic nitrogens is 2. The zero-order valence-corrected chi connectivity index (χ0v) is 22.6. The molecule has 2 aliphatic heterocycles. The number of piperidine rings is 2. The van der Waals surface area contributed by atoms with Crippen molar-refractivity contribution in [1.29, 1.82) is 0 Å². The maximum Gasteiger partial charge on any atom is 0.271 e. The number of aromatic amines is 1. The Hall–Kier alpha value is -3.79. The van der Waals surface area contributed by atoms with Crippen LogP contribution in [0.3, 0.4) is 0 Å². The molecule has 10 heteroatoms. The normalized spacial score (nSPS) is 17.2. The van der Waals surface area contributed by atoms with Gasteiger partial charge in [-0.3, -0.25) is 14.8 Å². The summed E-state index contributed by atoms with van der Waals surface area (Å²) in [5.41, 5.74) is 1.82. The molecule has 2 saturated heterocycles. The van der Waals surface area contributed by atoms with Gasteiger partial charge in [-0.1, -0.05) is 12.1 Å².